The molecule has 1 aliphatic heterocycles. The van der Waals surface area contributed by atoms with Gasteiger partial charge in [-0.1, -0.05) is 6.07 Å². The van der Waals surface area contributed by atoms with Crippen molar-refractivity contribution in [1.82, 2.24) is 0 Å². The Morgan fingerprint density at radius 1 is 1.15 bits per heavy atom. The topological polar surface area (TPSA) is 67.9 Å². The Morgan fingerprint density at radius 2 is 1.89 bits per heavy atom. The number of ether oxygens (including phenoxy) is 2. The average Bonchev–Trinajstić information content (AvgIpc) is 3.06. The van der Waals surface area contributed by atoms with Gasteiger partial charge in [0.05, 0.1) is 20.1 Å². The Hall–Kier alpha value is -3.09. The van der Waals surface area contributed by atoms with Gasteiger partial charge in [0, 0.05) is 30.4 Å². The fourth-order valence-electron chi connectivity index (χ4n) is 3.09. The summed E-state index contributed by atoms with van der Waals surface area (Å²) in [5.74, 6) is -0.341. The number of anilines is 2. The molecule has 1 saturated heterocycles. The minimum atomic E-state index is -0.520. The number of carbonyl (C=O) groups is 2. The number of carbonyl (C=O) groups excluding carboxylic acids is 2. The summed E-state index contributed by atoms with van der Waals surface area (Å²) in [5.41, 5.74) is 1.80. The van der Waals surface area contributed by atoms with Crippen molar-refractivity contribution in [1.29, 1.82) is 0 Å². The van der Waals surface area contributed by atoms with Crippen molar-refractivity contribution in [3.63, 3.8) is 0 Å². The van der Waals surface area contributed by atoms with Gasteiger partial charge in [-0.25, -0.2) is 4.39 Å². The highest BCUT2D eigenvalue weighted by atomic mass is 19.1. The van der Waals surface area contributed by atoms with E-state index in [-0.39, 0.29) is 24.8 Å². The maximum absolute atomic E-state index is 13.4. The van der Waals surface area contributed by atoms with E-state index in [1.165, 1.54) is 26.4 Å². The van der Waals surface area contributed by atoms with Gasteiger partial charge < -0.3 is 19.7 Å². The predicted octanol–water partition coefficient (Wildman–Crippen LogP) is 3.14. The second-order valence-electron chi connectivity index (χ2n) is 6.39. The highest BCUT2D eigenvalue weighted by molar-refractivity contribution is 6.03. The van der Waals surface area contributed by atoms with E-state index >= 15 is 0 Å². The molecule has 1 atom stereocenters. The minimum Gasteiger partial charge on any atom is -0.493 e. The van der Waals surface area contributed by atoms with Crippen LogP contribution in [0.4, 0.5) is 15.8 Å². The molecule has 0 aromatic heterocycles. The molecule has 0 radical (unpaired) electrons. The van der Waals surface area contributed by atoms with Crippen LogP contribution in [0.3, 0.4) is 0 Å². The SMILES string of the molecule is COc1ccc(N2CC(C(=O)Nc3cc(F)ccc3C)CC2=O)cc1OC. The molecule has 2 aromatic carbocycles. The summed E-state index contributed by atoms with van der Waals surface area (Å²) >= 11 is 0. The van der Waals surface area contributed by atoms with E-state index < -0.39 is 11.7 Å². The number of rotatable bonds is 5. The Labute approximate surface area is 156 Å². The molecular formula is C20H21FN2O4. The summed E-state index contributed by atoms with van der Waals surface area (Å²) in [6.45, 7) is 2.03. The first-order valence-electron chi connectivity index (χ1n) is 8.52. The third-order valence-corrected chi connectivity index (χ3v) is 4.63. The maximum Gasteiger partial charge on any atom is 0.229 e. The first-order chi connectivity index (χ1) is 12.9. The highest BCUT2D eigenvalue weighted by Gasteiger charge is 2.35. The van der Waals surface area contributed by atoms with Gasteiger partial charge in [0.15, 0.2) is 11.5 Å². The van der Waals surface area contributed by atoms with Crippen LogP contribution in [0.25, 0.3) is 0 Å². The van der Waals surface area contributed by atoms with E-state index in [0.717, 1.165) is 5.56 Å². The van der Waals surface area contributed by atoms with Gasteiger partial charge in [0.1, 0.15) is 5.82 Å². The van der Waals surface area contributed by atoms with Crippen molar-refractivity contribution in [3.05, 3.63) is 47.8 Å². The molecule has 1 aliphatic rings. The number of aryl methyl sites for hydroxylation is 1. The van der Waals surface area contributed by atoms with Gasteiger partial charge in [-0.2, -0.15) is 0 Å². The number of hydrogen-bond acceptors (Lipinski definition) is 4. The van der Waals surface area contributed by atoms with Gasteiger partial charge in [-0.15, -0.1) is 0 Å². The Bertz CT molecular complexity index is 884. The fourth-order valence-corrected chi connectivity index (χ4v) is 3.09. The lowest BCUT2D eigenvalue weighted by molar-refractivity contribution is -0.122. The smallest absolute Gasteiger partial charge is 0.229 e. The van der Waals surface area contributed by atoms with E-state index in [1.807, 2.05) is 0 Å². The van der Waals surface area contributed by atoms with E-state index in [9.17, 15) is 14.0 Å². The third-order valence-electron chi connectivity index (χ3n) is 4.63. The fraction of sp³-hybridized carbons (Fsp3) is 0.300. The van der Waals surface area contributed by atoms with Crippen molar-refractivity contribution in [2.75, 3.05) is 31.0 Å². The third kappa shape index (κ3) is 3.86. The number of benzene rings is 2. The normalized spacial score (nSPS) is 16.4. The monoisotopic (exact) mass is 372 g/mol. The standard InChI is InChI=1S/C20H21FN2O4/c1-12-4-5-14(21)9-16(12)22-20(25)13-8-19(24)23(11-13)15-6-7-17(26-2)18(10-15)27-3/h4-7,9-10,13H,8,11H2,1-3H3,(H,22,25). The zero-order valence-corrected chi connectivity index (χ0v) is 15.4. The van der Waals surface area contributed by atoms with E-state index in [0.29, 0.717) is 22.9 Å². The van der Waals surface area contributed by atoms with Crippen LogP contribution in [0, 0.1) is 18.7 Å². The predicted molar refractivity (Wildman–Crippen MR) is 99.8 cm³/mol. The Kier molecular flexibility index (Phi) is 5.30. The van der Waals surface area contributed by atoms with Crippen molar-refractivity contribution < 1.29 is 23.5 Å². The summed E-state index contributed by atoms with van der Waals surface area (Å²) in [6, 6.07) is 9.37. The molecule has 27 heavy (non-hydrogen) atoms. The summed E-state index contributed by atoms with van der Waals surface area (Å²) in [6.07, 6.45) is 0.0918. The Morgan fingerprint density at radius 3 is 2.59 bits per heavy atom. The van der Waals surface area contributed by atoms with Crippen LogP contribution in [0.1, 0.15) is 12.0 Å². The van der Waals surface area contributed by atoms with Crippen LogP contribution in [0.2, 0.25) is 0 Å². The first kappa shape index (κ1) is 18.7. The van der Waals surface area contributed by atoms with Gasteiger partial charge >= 0.3 is 0 Å². The lowest BCUT2D eigenvalue weighted by atomic mass is 10.1. The van der Waals surface area contributed by atoms with Crippen molar-refractivity contribution in [3.8, 4) is 11.5 Å². The molecule has 7 heteroatoms. The van der Waals surface area contributed by atoms with Crippen LogP contribution in [0.5, 0.6) is 11.5 Å². The number of amides is 2. The molecule has 0 bridgehead atoms. The van der Waals surface area contributed by atoms with Crippen molar-refractivity contribution >= 4 is 23.2 Å². The molecule has 0 spiro atoms. The van der Waals surface area contributed by atoms with Crippen LogP contribution >= 0.6 is 0 Å². The number of hydrogen-bond donors (Lipinski definition) is 1. The number of methoxy groups -OCH3 is 2. The molecule has 2 aromatic rings. The molecule has 2 amide bonds. The minimum absolute atomic E-state index is 0.0918. The average molecular weight is 372 g/mol. The van der Waals surface area contributed by atoms with Crippen LogP contribution in [-0.2, 0) is 9.59 Å². The van der Waals surface area contributed by atoms with Gasteiger partial charge in [-0.05, 0) is 36.8 Å². The quantitative estimate of drug-likeness (QED) is 0.876. The summed E-state index contributed by atoms with van der Waals surface area (Å²) in [7, 11) is 3.05. The molecule has 3 rings (SSSR count). The van der Waals surface area contributed by atoms with Crippen LogP contribution in [0.15, 0.2) is 36.4 Å². The van der Waals surface area contributed by atoms with Gasteiger partial charge in [0.2, 0.25) is 11.8 Å². The van der Waals surface area contributed by atoms with Crippen molar-refractivity contribution in [2.45, 2.75) is 13.3 Å². The molecule has 0 aliphatic carbocycles. The molecule has 6 nitrogen and oxygen atoms in total. The van der Waals surface area contributed by atoms with Gasteiger partial charge in [0.25, 0.3) is 0 Å². The lowest BCUT2D eigenvalue weighted by Gasteiger charge is -2.18. The maximum atomic E-state index is 13.4. The largest absolute Gasteiger partial charge is 0.493 e. The van der Waals surface area contributed by atoms with E-state index in [4.69, 9.17) is 9.47 Å². The van der Waals surface area contributed by atoms with Gasteiger partial charge in [-0.3, -0.25) is 9.59 Å². The molecule has 1 N–H and O–H groups in total. The number of nitrogens with one attached hydrogen (secondary N) is 1. The summed E-state index contributed by atoms with van der Waals surface area (Å²) in [4.78, 5) is 26.5. The second-order valence-corrected chi connectivity index (χ2v) is 6.39. The zero-order valence-electron chi connectivity index (χ0n) is 15.4. The molecule has 142 valence electrons. The van der Waals surface area contributed by atoms with Crippen molar-refractivity contribution in [2.24, 2.45) is 5.92 Å². The molecular weight excluding hydrogens is 351 g/mol. The molecule has 1 unspecified atom stereocenters. The molecule has 1 heterocycles. The van der Waals surface area contributed by atoms with E-state index in [1.54, 1.807) is 36.1 Å². The van der Waals surface area contributed by atoms with E-state index in [2.05, 4.69) is 5.32 Å². The second kappa shape index (κ2) is 7.65. The highest BCUT2D eigenvalue weighted by Crippen LogP contribution is 2.34. The van der Waals surface area contributed by atoms with Crippen LogP contribution < -0.4 is 19.7 Å². The molecule has 0 saturated carbocycles. The first-order valence-corrected chi connectivity index (χ1v) is 8.52. The van der Waals surface area contributed by atoms with Crippen LogP contribution in [-0.4, -0.2) is 32.6 Å². The Balaban J connectivity index is 1.75. The summed E-state index contributed by atoms with van der Waals surface area (Å²) in [5, 5.41) is 2.72. The zero-order chi connectivity index (χ0) is 19.6. The number of halogens is 1. The molecule has 1 fully saturated rings. The number of nitrogens with zero attached hydrogens (tertiary/aromatic N) is 1. The lowest BCUT2D eigenvalue weighted by Crippen LogP contribution is -2.28. The summed E-state index contributed by atoms with van der Waals surface area (Å²) < 4.78 is 23.9.